The molecule has 0 aromatic heterocycles. The van der Waals surface area contributed by atoms with Crippen LogP contribution in [0.25, 0.3) is 0 Å². The van der Waals surface area contributed by atoms with E-state index in [2.05, 4.69) is 24.4 Å². The number of benzene rings is 1. The van der Waals surface area contributed by atoms with E-state index >= 15 is 0 Å². The van der Waals surface area contributed by atoms with Crippen molar-refractivity contribution in [1.82, 2.24) is 5.32 Å². The smallest absolute Gasteiger partial charge is 0.0410 e. The molecule has 1 nitrogen and oxygen atoms in total. The number of hydrogen-bond acceptors (Lipinski definition) is 2. The van der Waals surface area contributed by atoms with Crippen molar-refractivity contribution in [3.63, 3.8) is 0 Å². The Balaban J connectivity index is 1.71. The van der Waals surface area contributed by atoms with Gasteiger partial charge in [-0.2, -0.15) is 0 Å². The number of rotatable bonds is 2. The quantitative estimate of drug-likeness (QED) is 0.820. The lowest BCUT2D eigenvalue weighted by Gasteiger charge is -2.33. The molecule has 1 saturated carbocycles. The average molecular weight is 296 g/mol. The zero-order valence-electron chi connectivity index (χ0n) is 11.5. The van der Waals surface area contributed by atoms with E-state index in [1.807, 2.05) is 17.8 Å². The Morgan fingerprint density at radius 1 is 1.16 bits per heavy atom. The fourth-order valence-electron chi connectivity index (χ4n) is 3.25. The topological polar surface area (TPSA) is 12.0 Å². The first-order valence-corrected chi connectivity index (χ1v) is 8.77. The number of nitrogens with one attached hydrogen (secondary N) is 1. The highest BCUT2D eigenvalue weighted by Gasteiger charge is 2.25. The summed E-state index contributed by atoms with van der Waals surface area (Å²) < 4.78 is 0. The molecule has 1 N–H and O–H groups in total. The van der Waals surface area contributed by atoms with Gasteiger partial charge >= 0.3 is 0 Å². The van der Waals surface area contributed by atoms with E-state index in [4.69, 9.17) is 11.6 Å². The third-order valence-corrected chi connectivity index (χ3v) is 5.82. The summed E-state index contributed by atoms with van der Waals surface area (Å²) in [5.74, 6) is 2.14. The molecule has 19 heavy (non-hydrogen) atoms. The second kappa shape index (κ2) is 6.07. The van der Waals surface area contributed by atoms with Crippen LogP contribution in [-0.2, 0) is 0 Å². The number of thioether (sulfide) groups is 1. The van der Waals surface area contributed by atoms with Crippen molar-refractivity contribution in [3.8, 4) is 0 Å². The monoisotopic (exact) mass is 295 g/mol. The minimum Gasteiger partial charge on any atom is -0.307 e. The molecule has 1 fully saturated rings. The maximum Gasteiger partial charge on any atom is 0.0410 e. The van der Waals surface area contributed by atoms with Gasteiger partial charge < -0.3 is 5.32 Å². The maximum atomic E-state index is 6.17. The van der Waals surface area contributed by atoms with Crippen molar-refractivity contribution in [1.29, 1.82) is 0 Å². The van der Waals surface area contributed by atoms with Gasteiger partial charge in [-0.25, -0.2) is 0 Å². The van der Waals surface area contributed by atoms with E-state index in [9.17, 15) is 0 Å². The van der Waals surface area contributed by atoms with E-state index in [1.54, 1.807) is 0 Å². The summed E-state index contributed by atoms with van der Waals surface area (Å²) in [7, 11) is 0. The molecular weight excluding hydrogens is 274 g/mol. The third-order valence-electron chi connectivity index (χ3n) is 4.46. The lowest BCUT2D eigenvalue weighted by Crippen LogP contribution is -2.37. The summed E-state index contributed by atoms with van der Waals surface area (Å²) in [6, 6.07) is 7.56. The zero-order chi connectivity index (χ0) is 13.2. The van der Waals surface area contributed by atoms with Crippen LogP contribution in [0.5, 0.6) is 0 Å². The normalized spacial score (nSPS) is 30.9. The zero-order valence-corrected chi connectivity index (χ0v) is 13.1. The first kappa shape index (κ1) is 13.8. The molecule has 0 bridgehead atoms. The number of halogens is 1. The second-order valence-corrected chi connectivity index (χ2v) is 7.57. The van der Waals surface area contributed by atoms with E-state index in [1.165, 1.54) is 48.3 Å². The number of fused-ring (bicyclic) bond motifs is 1. The summed E-state index contributed by atoms with van der Waals surface area (Å²) in [5.41, 5.74) is 1.42. The molecule has 0 spiro atoms. The summed E-state index contributed by atoms with van der Waals surface area (Å²) in [4.78, 5) is 1.41. The Bertz CT molecular complexity index is 440. The van der Waals surface area contributed by atoms with Crippen LogP contribution in [0.2, 0.25) is 5.02 Å². The Morgan fingerprint density at radius 2 is 1.95 bits per heavy atom. The minimum absolute atomic E-state index is 0.508. The Kier molecular flexibility index (Phi) is 4.40. The van der Waals surface area contributed by atoms with Crippen molar-refractivity contribution in [2.75, 3.05) is 5.75 Å². The standard InChI is InChI=1S/C16H22ClNS/c1-11-2-5-13(6-3-11)18-15-8-9-19-16-7-4-12(17)10-14(15)16/h4,7,10-11,13,15,18H,2-3,5-6,8-9H2,1H3. The predicted molar refractivity (Wildman–Crippen MR) is 84.1 cm³/mol. The summed E-state index contributed by atoms with van der Waals surface area (Å²) in [6.07, 6.45) is 6.65. The van der Waals surface area contributed by atoms with Crippen LogP contribution < -0.4 is 5.32 Å². The summed E-state index contributed by atoms with van der Waals surface area (Å²) in [6.45, 7) is 2.38. The van der Waals surface area contributed by atoms with Crippen LogP contribution in [0.4, 0.5) is 0 Å². The highest BCUT2D eigenvalue weighted by atomic mass is 35.5. The first-order chi connectivity index (χ1) is 9.22. The van der Waals surface area contributed by atoms with Gasteiger partial charge in [0, 0.05) is 22.0 Å². The molecule has 3 rings (SSSR count). The van der Waals surface area contributed by atoms with Crippen LogP contribution in [0.1, 0.15) is 50.6 Å². The largest absolute Gasteiger partial charge is 0.307 e. The lowest BCUT2D eigenvalue weighted by atomic mass is 9.86. The van der Waals surface area contributed by atoms with Gasteiger partial charge in [-0.15, -0.1) is 11.8 Å². The maximum absolute atomic E-state index is 6.17. The van der Waals surface area contributed by atoms with Gasteiger partial charge in [0.1, 0.15) is 0 Å². The second-order valence-electron chi connectivity index (χ2n) is 6.00. The Morgan fingerprint density at radius 3 is 2.74 bits per heavy atom. The molecule has 1 aliphatic carbocycles. The highest BCUT2D eigenvalue weighted by Crippen LogP contribution is 2.38. The van der Waals surface area contributed by atoms with Crippen LogP contribution >= 0.6 is 23.4 Å². The molecule has 1 aromatic rings. The molecule has 1 unspecified atom stereocenters. The molecule has 0 saturated heterocycles. The summed E-state index contributed by atoms with van der Waals surface area (Å²) >= 11 is 8.13. The minimum atomic E-state index is 0.508. The van der Waals surface area contributed by atoms with Crippen molar-refractivity contribution in [3.05, 3.63) is 28.8 Å². The highest BCUT2D eigenvalue weighted by molar-refractivity contribution is 7.99. The number of hydrogen-bond donors (Lipinski definition) is 1. The van der Waals surface area contributed by atoms with Gasteiger partial charge in [-0.3, -0.25) is 0 Å². The van der Waals surface area contributed by atoms with Gasteiger partial charge in [-0.05, 0) is 67.5 Å². The van der Waals surface area contributed by atoms with E-state index in [0.717, 1.165) is 10.9 Å². The SMILES string of the molecule is CC1CCC(NC2CCSc3ccc(Cl)cc32)CC1. The average Bonchev–Trinajstić information content (AvgIpc) is 2.42. The molecule has 104 valence electrons. The van der Waals surface area contributed by atoms with Gasteiger partial charge in [0.25, 0.3) is 0 Å². The Hall–Kier alpha value is -0.180. The fraction of sp³-hybridized carbons (Fsp3) is 0.625. The van der Waals surface area contributed by atoms with Crippen molar-refractivity contribution >= 4 is 23.4 Å². The van der Waals surface area contributed by atoms with Crippen molar-refractivity contribution < 1.29 is 0 Å². The van der Waals surface area contributed by atoms with Crippen molar-refractivity contribution in [2.45, 2.75) is 56.0 Å². The molecule has 1 aromatic carbocycles. The summed E-state index contributed by atoms with van der Waals surface area (Å²) in [5, 5.41) is 4.76. The van der Waals surface area contributed by atoms with Gasteiger partial charge in [0.2, 0.25) is 0 Å². The van der Waals surface area contributed by atoms with Crippen LogP contribution in [-0.4, -0.2) is 11.8 Å². The van der Waals surface area contributed by atoms with Gasteiger partial charge in [0.05, 0.1) is 0 Å². The van der Waals surface area contributed by atoms with E-state index in [0.29, 0.717) is 12.1 Å². The predicted octanol–water partition coefficient (Wildman–Crippen LogP) is 5.05. The molecular formula is C16H22ClNS. The van der Waals surface area contributed by atoms with Crippen LogP contribution in [0.15, 0.2) is 23.1 Å². The van der Waals surface area contributed by atoms with E-state index < -0.39 is 0 Å². The molecule has 0 amide bonds. The lowest BCUT2D eigenvalue weighted by molar-refractivity contribution is 0.283. The van der Waals surface area contributed by atoms with E-state index in [-0.39, 0.29) is 0 Å². The third kappa shape index (κ3) is 3.29. The fourth-order valence-corrected chi connectivity index (χ4v) is 4.54. The van der Waals surface area contributed by atoms with Crippen LogP contribution in [0.3, 0.4) is 0 Å². The molecule has 1 atom stereocenters. The first-order valence-electron chi connectivity index (χ1n) is 7.40. The molecule has 3 heteroatoms. The van der Waals surface area contributed by atoms with Gasteiger partial charge in [0.15, 0.2) is 0 Å². The molecule has 1 aliphatic heterocycles. The van der Waals surface area contributed by atoms with Crippen molar-refractivity contribution in [2.24, 2.45) is 5.92 Å². The van der Waals surface area contributed by atoms with Crippen LogP contribution in [0, 0.1) is 5.92 Å². The molecule has 0 radical (unpaired) electrons. The molecule has 1 heterocycles. The Labute approximate surface area is 125 Å². The molecule has 2 aliphatic rings. The van der Waals surface area contributed by atoms with Gasteiger partial charge in [-0.1, -0.05) is 18.5 Å².